The fraction of sp³-hybridized carbons (Fsp3) is 0.276. The summed E-state index contributed by atoms with van der Waals surface area (Å²) in [6.07, 6.45) is 2.11. The number of H-pyrrole nitrogens is 1. The maximum atomic E-state index is 11.9. The molecule has 0 unspecified atom stereocenters. The van der Waals surface area contributed by atoms with E-state index in [1.54, 1.807) is 6.07 Å². The SMILES string of the molecule is CCCCOc1ccc([C@@H](O)CNCCc2ccc(Nc3cccc(Br)c3)cc2)c2ccc(=O)[nH]c12. The number of ether oxygens (including phenoxy) is 1. The summed E-state index contributed by atoms with van der Waals surface area (Å²) in [4.78, 5) is 14.8. The minimum atomic E-state index is -0.708. The van der Waals surface area contributed by atoms with Crippen molar-refractivity contribution >= 4 is 38.2 Å². The molecule has 188 valence electrons. The van der Waals surface area contributed by atoms with Crippen LogP contribution in [0, 0.1) is 0 Å². The van der Waals surface area contributed by atoms with E-state index in [1.165, 1.54) is 11.6 Å². The van der Waals surface area contributed by atoms with Gasteiger partial charge in [-0.2, -0.15) is 0 Å². The second kappa shape index (κ2) is 12.7. The number of hydrogen-bond acceptors (Lipinski definition) is 5. The number of halogens is 1. The maximum absolute atomic E-state index is 11.9. The largest absolute Gasteiger partial charge is 0.491 e. The van der Waals surface area contributed by atoms with Crippen molar-refractivity contribution in [2.75, 3.05) is 25.0 Å². The minimum Gasteiger partial charge on any atom is -0.491 e. The monoisotopic (exact) mass is 549 g/mol. The lowest BCUT2D eigenvalue weighted by Gasteiger charge is -2.17. The first-order chi connectivity index (χ1) is 17.5. The Labute approximate surface area is 219 Å². The van der Waals surface area contributed by atoms with Crippen LogP contribution in [0.15, 0.2) is 82.1 Å². The van der Waals surface area contributed by atoms with Gasteiger partial charge in [-0.3, -0.25) is 4.79 Å². The van der Waals surface area contributed by atoms with Crippen LogP contribution in [-0.2, 0) is 6.42 Å². The highest BCUT2D eigenvalue weighted by Crippen LogP contribution is 2.29. The summed E-state index contributed by atoms with van der Waals surface area (Å²) in [5, 5.41) is 18.4. The lowest BCUT2D eigenvalue weighted by atomic mass is 10.0. The lowest BCUT2D eigenvalue weighted by Crippen LogP contribution is -2.24. The molecule has 3 aromatic carbocycles. The van der Waals surface area contributed by atoms with Gasteiger partial charge in [0.05, 0.1) is 18.2 Å². The molecule has 7 heteroatoms. The van der Waals surface area contributed by atoms with E-state index in [1.807, 2.05) is 36.4 Å². The molecule has 0 saturated carbocycles. The number of aliphatic hydroxyl groups excluding tert-OH is 1. The van der Waals surface area contributed by atoms with Crippen molar-refractivity contribution in [3.05, 3.63) is 98.7 Å². The molecule has 1 atom stereocenters. The van der Waals surface area contributed by atoms with Crippen molar-refractivity contribution in [1.29, 1.82) is 0 Å². The number of aliphatic hydroxyl groups is 1. The number of rotatable bonds is 12. The van der Waals surface area contributed by atoms with Gasteiger partial charge in [0.2, 0.25) is 5.56 Å². The van der Waals surface area contributed by atoms with Gasteiger partial charge in [0.15, 0.2) is 0 Å². The molecule has 0 aliphatic carbocycles. The molecule has 6 nitrogen and oxygen atoms in total. The minimum absolute atomic E-state index is 0.189. The molecule has 0 fully saturated rings. The third-order valence-electron chi connectivity index (χ3n) is 6.00. The third-order valence-corrected chi connectivity index (χ3v) is 6.49. The topological polar surface area (TPSA) is 86.4 Å². The predicted octanol–water partition coefficient (Wildman–Crippen LogP) is 6.08. The van der Waals surface area contributed by atoms with Crippen molar-refractivity contribution < 1.29 is 9.84 Å². The molecule has 1 heterocycles. The summed E-state index contributed by atoms with van der Waals surface area (Å²) in [6, 6.07) is 23.4. The highest BCUT2D eigenvalue weighted by atomic mass is 79.9. The maximum Gasteiger partial charge on any atom is 0.248 e. The summed E-state index contributed by atoms with van der Waals surface area (Å²) in [7, 11) is 0. The zero-order valence-electron chi connectivity index (χ0n) is 20.4. The summed E-state index contributed by atoms with van der Waals surface area (Å²) < 4.78 is 6.91. The Kier molecular flexibility index (Phi) is 9.17. The van der Waals surface area contributed by atoms with E-state index >= 15 is 0 Å². The number of aromatic amines is 1. The summed E-state index contributed by atoms with van der Waals surface area (Å²) in [5.74, 6) is 0.637. The van der Waals surface area contributed by atoms with E-state index in [4.69, 9.17) is 4.74 Å². The van der Waals surface area contributed by atoms with Crippen LogP contribution in [0.2, 0.25) is 0 Å². The van der Waals surface area contributed by atoms with E-state index in [0.717, 1.165) is 52.6 Å². The van der Waals surface area contributed by atoms with Gasteiger partial charge in [-0.25, -0.2) is 0 Å². The van der Waals surface area contributed by atoms with Gasteiger partial charge < -0.3 is 25.5 Å². The van der Waals surface area contributed by atoms with Crippen molar-refractivity contribution in [3.63, 3.8) is 0 Å². The molecule has 4 aromatic rings. The van der Waals surface area contributed by atoms with Gasteiger partial charge in [0.1, 0.15) is 5.75 Å². The Morgan fingerprint density at radius 2 is 1.86 bits per heavy atom. The van der Waals surface area contributed by atoms with Crippen molar-refractivity contribution in [2.45, 2.75) is 32.3 Å². The van der Waals surface area contributed by atoms with Crippen LogP contribution in [0.25, 0.3) is 10.9 Å². The molecular weight excluding hydrogens is 518 g/mol. The number of pyridine rings is 1. The van der Waals surface area contributed by atoms with Gasteiger partial charge in [-0.15, -0.1) is 0 Å². The molecule has 4 N–H and O–H groups in total. The van der Waals surface area contributed by atoms with Gasteiger partial charge in [0, 0.05) is 33.8 Å². The van der Waals surface area contributed by atoms with Crippen molar-refractivity contribution in [1.82, 2.24) is 10.3 Å². The molecule has 0 bridgehead atoms. The van der Waals surface area contributed by atoms with Crippen LogP contribution in [0.5, 0.6) is 5.75 Å². The van der Waals surface area contributed by atoms with Gasteiger partial charge in [0.25, 0.3) is 0 Å². The molecule has 0 aliphatic rings. The van der Waals surface area contributed by atoms with Crippen LogP contribution in [-0.4, -0.2) is 29.8 Å². The van der Waals surface area contributed by atoms with Gasteiger partial charge in [-0.05, 0) is 73.0 Å². The molecule has 0 amide bonds. The number of nitrogens with one attached hydrogen (secondary N) is 3. The van der Waals surface area contributed by atoms with E-state index in [2.05, 4.69) is 62.7 Å². The van der Waals surface area contributed by atoms with E-state index in [-0.39, 0.29) is 5.56 Å². The molecule has 0 saturated heterocycles. The Balaban J connectivity index is 1.32. The second-order valence-corrected chi connectivity index (χ2v) is 9.68. The van der Waals surface area contributed by atoms with Crippen LogP contribution in [0.4, 0.5) is 11.4 Å². The molecule has 4 rings (SSSR count). The fourth-order valence-electron chi connectivity index (χ4n) is 4.05. The first-order valence-electron chi connectivity index (χ1n) is 12.3. The number of hydrogen-bond donors (Lipinski definition) is 4. The highest BCUT2D eigenvalue weighted by molar-refractivity contribution is 9.10. The second-order valence-electron chi connectivity index (χ2n) is 8.77. The average molecular weight is 550 g/mol. The Hall–Kier alpha value is -3.13. The smallest absolute Gasteiger partial charge is 0.248 e. The van der Waals surface area contributed by atoms with E-state index < -0.39 is 6.10 Å². The molecule has 0 spiro atoms. The van der Waals surface area contributed by atoms with E-state index in [0.29, 0.717) is 24.4 Å². The Bertz CT molecular complexity index is 1340. The van der Waals surface area contributed by atoms with Crippen LogP contribution in [0.3, 0.4) is 0 Å². The quantitative estimate of drug-likeness (QED) is 0.161. The first kappa shape index (κ1) is 25.9. The number of fused-ring (bicyclic) bond motifs is 1. The average Bonchev–Trinajstić information content (AvgIpc) is 2.87. The van der Waals surface area contributed by atoms with Crippen molar-refractivity contribution in [3.8, 4) is 5.75 Å². The van der Waals surface area contributed by atoms with Crippen LogP contribution >= 0.6 is 15.9 Å². The summed E-state index contributed by atoms with van der Waals surface area (Å²) in [6.45, 7) is 3.84. The van der Waals surface area contributed by atoms with E-state index in [9.17, 15) is 9.90 Å². The molecule has 36 heavy (non-hydrogen) atoms. The first-order valence-corrected chi connectivity index (χ1v) is 13.1. The Morgan fingerprint density at radius 1 is 1.03 bits per heavy atom. The van der Waals surface area contributed by atoms with Gasteiger partial charge >= 0.3 is 0 Å². The lowest BCUT2D eigenvalue weighted by molar-refractivity contribution is 0.176. The third kappa shape index (κ3) is 6.97. The molecule has 1 aromatic heterocycles. The van der Waals surface area contributed by atoms with Crippen molar-refractivity contribution in [2.24, 2.45) is 0 Å². The molecule has 0 aliphatic heterocycles. The zero-order valence-corrected chi connectivity index (χ0v) is 22.0. The normalized spacial score (nSPS) is 12.0. The summed E-state index contributed by atoms with van der Waals surface area (Å²) >= 11 is 3.49. The molecular formula is C29H32BrN3O3. The number of anilines is 2. The van der Waals surface area contributed by atoms with Crippen LogP contribution < -0.4 is 20.9 Å². The number of unbranched alkanes of at least 4 members (excludes halogenated alkanes) is 1. The summed E-state index contributed by atoms with van der Waals surface area (Å²) in [5.41, 5.74) is 4.49. The fourth-order valence-corrected chi connectivity index (χ4v) is 4.45. The van der Waals surface area contributed by atoms with Crippen LogP contribution in [0.1, 0.15) is 37.0 Å². The Morgan fingerprint density at radius 3 is 2.64 bits per heavy atom. The zero-order chi connectivity index (χ0) is 25.3. The molecule has 0 radical (unpaired) electrons. The van der Waals surface area contributed by atoms with Gasteiger partial charge in [-0.1, -0.05) is 53.5 Å². The highest BCUT2D eigenvalue weighted by Gasteiger charge is 2.14. The predicted molar refractivity (Wildman–Crippen MR) is 150 cm³/mol. The number of benzene rings is 3. The standard InChI is InChI=1S/C29H32BrN3O3/c1-2-3-17-36-27-13-11-24(25-12-14-28(35)33-29(25)27)26(34)19-31-16-15-20-7-9-22(10-8-20)32-23-6-4-5-21(30)18-23/h4-14,18,26,31-32,34H,2-3,15-17,19H2,1H3,(H,33,35)/t26-/m0/s1. The number of aromatic nitrogens is 1.